The first kappa shape index (κ1) is 29.6. The van der Waals surface area contributed by atoms with Crippen LogP contribution in [0, 0.1) is 5.82 Å². The summed E-state index contributed by atoms with van der Waals surface area (Å²) in [5.74, 6) is 0.682. The third-order valence-electron chi connectivity index (χ3n) is 6.65. The van der Waals surface area contributed by atoms with Gasteiger partial charge in [-0.1, -0.05) is 60.7 Å². The van der Waals surface area contributed by atoms with Gasteiger partial charge >= 0.3 is 6.09 Å². The number of pyridine rings is 2. The molecule has 4 aromatic rings. The highest BCUT2D eigenvalue weighted by Gasteiger charge is 2.26. The van der Waals surface area contributed by atoms with Gasteiger partial charge in [-0.25, -0.2) is 14.2 Å². The molecule has 3 heterocycles. The van der Waals surface area contributed by atoms with Gasteiger partial charge in [0.05, 0.1) is 11.9 Å². The molecule has 0 aliphatic carbocycles. The van der Waals surface area contributed by atoms with Crippen LogP contribution in [0.3, 0.4) is 0 Å². The number of hydrogen-bond donors (Lipinski definition) is 1. The summed E-state index contributed by atoms with van der Waals surface area (Å²) in [5, 5.41) is 3.08. The number of amides is 1. The van der Waals surface area contributed by atoms with Crippen LogP contribution in [0.25, 0.3) is 0 Å². The van der Waals surface area contributed by atoms with Gasteiger partial charge in [0, 0.05) is 38.3 Å². The number of anilines is 3. The number of piperazine rings is 1. The molecule has 43 heavy (non-hydrogen) atoms. The van der Waals surface area contributed by atoms with Crippen molar-refractivity contribution >= 4 is 23.3 Å². The Hall–Kier alpha value is -4.86. The van der Waals surface area contributed by atoms with Crippen molar-refractivity contribution < 1.29 is 23.4 Å². The van der Waals surface area contributed by atoms with Crippen LogP contribution in [0.2, 0.25) is 0 Å². The number of halogens is 1. The van der Waals surface area contributed by atoms with E-state index in [4.69, 9.17) is 14.2 Å². The van der Waals surface area contributed by atoms with E-state index in [1.807, 2.05) is 86.3 Å². The first-order valence-electron chi connectivity index (χ1n) is 14.2. The minimum Gasteiger partial charge on any atom is -0.473 e. The molecule has 1 fully saturated rings. The summed E-state index contributed by atoms with van der Waals surface area (Å²) < 4.78 is 32.8. The number of benzene rings is 2. The van der Waals surface area contributed by atoms with Crippen LogP contribution in [0.15, 0.2) is 85.1 Å². The first-order chi connectivity index (χ1) is 20.7. The molecule has 0 saturated carbocycles. The Morgan fingerprint density at radius 1 is 0.860 bits per heavy atom. The zero-order valence-corrected chi connectivity index (χ0v) is 24.6. The number of aromatic nitrogens is 2. The molecular weight excluding hydrogens is 549 g/mol. The SMILES string of the molecule is CC(C)(C)OC(=O)N1CCN(c2cc(F)c(Nc3ccc(OCc4ccccc4)nc3OCc3ccccc3)cn2)CC1. The van der Waals surface area contributed by atoms with Crippen molar-refractivity contribution in [2.45, 2.75) is 39.6 Å². The molecule has 5 rings (SSSR count). The summed E-state index contributed by atoms with van der Waals surface area (Å²) in [4.78, 5) is 25.0. The van der Waals surface area contributed by atoms with Crippen LogP contribution in [-0.4, -0.2) is 52.7 Å². The van der Waals surface area contributed by atoms with E-state index in [0.29, 0.717) is 50.2 Å². The van der Waals surface area contributed by atoms with Crippen molar-refractivity contribution in [1.29, 1.82) is 0 Å². The zero-order valence-electron chi connectivity index (χ0n) is 24.6. The van der Waals surface area contributed by atoms with E-state index in [1.165, 1.54) is 12.3 Å². The lowest BCUT2D eigenvalue weighted by Crippen LogP contribution is -2.50. The van der Waals surface area contributed by atoms with Gasteiger partial charge in [0.15, 0.2) is 5.82 Å². The molecule has 1 N–H and O–H groups in total. The molecule has 1 amide bonds. The smallest absolute Gasteiger partial charge is 0.410 e. The lowest BCUT2D eigenvalue weighted by atomic mass is 10.2. The normalized spacial score (nSPS) is 13.4. The predicted molar refractivity (Wildman–Crippen MR) is 163 cm³/mol. The lowest BCUT2D eigenvalue weighted by molar-refractivity contribution is 0.0240. The average Bonchev–Trinajstić information content (AvgIpc) is 3.01. The maximum absolute atomic E-state index is 15.4. The van der Waals surface area contributed by atoms with E-state index in [2.05, 4.69) is 15.3 Å². The fourth-order valence-electron chi connectivity index (χ4n) is 4.44. The number of carbonyl (C=O) groups excluding carboxylic acids is 1. The molecular formula is C33H36FN5O4. The first-order valence-corrected chi connectivity index (χ1v) is 14.2. The Kier molecular flexibility index (Phi) is 9.24. The summed E-state index contributed by atoms with van der Waals surface area (Å²) in [5.41, 5.74) is 2.08. The van der Waals surface area contributed by atoms with E-state index in [-0.39, 0.29) is 24.3 Å². The Bertz CT molecular complexity index is 1510. The molecule has 224 valence electrons. The molecule has 0 atom stereocenters. The number of carbonyl (C=O) groups is 1. The summed E-state index contributed by atoms with van der Waals surface area (Å²) in [6.45, 7) is 8.11. The monoisotopic (exact) mass is 585 g/mol. The zero-order chi connectivity index (χ0) is 30.2. The average molecular weight is 586 g/mol. The number of nitrogens with one attached hydrogen (secondary N) is 1. The van der Waals surface area contributed by atoms with Crippen LogP contribution in [0.4, 0.5) is 26.4 Å². The van der Waals surface area contributed by atoms with Gasteiger partial charge in [-0.2, -0.15) is 4.98 Å². The van der Waals surface area contributed by atoms with Gasteiger partial charge < -0.3 is 29.3 Å². The number of hydrogen-bond acceptors (Lipinski definition) is 8. The molecule has 9 nitrogen and oxygen atoms in total. The van der Waals surface area contributed by atoms with Crippen LogP contribution >= 0.6 is 0 Å². The third kappa shape index (κ3) is 8.34. The largest absolute Gasteiger partial charge is 0.473 e. The number of rotatable bonds is 9. The van der Waals surface area contributed by atoms with Gasteiger partial charge in [-0.15, -0.1) is 0 Å². The van der Waals surface area contributed by atoms with Crippen molar-refractivity contribution in [3.05, 3.63) is 102 Å². The summed E-state index contributed by atoms with van der Waals surface area (Å²) in [7, 11) is 0. The van der Waals surface area contributed by atoms with Crippen molar-refractivity contribution in [2.24, 2.45) is 0 Å². The highest BCUT2D eigenvalue weighted by molar-refractivity contribution is 5.69. The third-order valence-corrected chi connectivity index (χ3v) is 6.65. The fraction of sp³-hybridized carbons (Fsp3) is 0.303. The molecule has 0 unspecified atom stereocenters. The lowest BCUT2D eigenvalue weighted by Gasteiger charge is -2.36. The highest BCUT2D eigenvalue weighted by Crippen LogP contribution is 2.31. The topological polar surface area (TPSA) is 89.1 Å². The van der Waals surface area contributed by atoms with Crippen LogP contribution < -0.4 is 19.7 Å². The second-order valence-corrected chi connectivity index (χ2v) is 11.2. The predicted octanol–water partition coefficient (Wildman–Crippen LogP) is 6.57. The summed E-state index contributed by atoms with van der Waals surface area (Å²) >= 11 is 0. The molecule has 0 spiro atoms. The quantitative estimate of drug-likeness (QED) is 0.236. The van der Waals surface area contributed by atoms with E-state index in [1.54, 1.807) is 17.0 Å². The summed E-state index contributed by atoms with van der Waals surface area (Å²) in [6.07, 6.45) is 1.10. The minimum absolute atomic E-state index is 0.181. The van der Waals surface area contributed by atoms with Crippen LogP contribution in [-0.2, 0) is 18.0 Å². The van der Waals surface area contributed by atoms with Gasteiger partial charge in [0.2, 0.25) is 11.8 Å². The van der Waals surface area contributed by atoms with Crippen molar-refractivity contribution in [3.8, 4) is 11.8 Å². The second-order valence-electron chi connectivity index (χ2n) is 11.2. The number of nitrogens with zero attached hydrogens (tertiary/aromatic N) is 4. The van der Waals surface area contributed by atoms with Crippen molar-refractivity contribution in [1.82, 2.24) is 14.9 Å². The Labute approximate surface area is 251 Å². The number of ether oxygens (including phenoxy) is 3. The molecule has 2 aromatic carbocycles. The Morgan fingerprint density at radius 2 is 1.49 bits per heavy atom. The molecule has 1 saturated heterocycles. The maximum Gasteiger partial charge on any atom is 0.410 e. The van der Waals surface area contributed by atoms with Crippen LogP contribution in [0.1, 0.15) is 31.9 Å². The van der Waals surface area contributed by atoms with Crippen molar-refractivity contribution in [3.63, 3.8) is 0 Å². The van der Waals surface area contributed by atoms with Gasteiger partial charge in [-0.05, 0) is 38.0 Å². The van der Waals surface area contributed by atoms with E-state index >= 15 is 4.39 Å². The van der Waals surface area contributed by atoms with Crippen molar-refractivity contribution in [2.75, 3.05) is 36.4 Å². The van der Waals surface area contributed by atoms with Crippen LogP contribution in [0.5, 0.6) is 11.8 Å². The minimum atomic E-state index is -0.556. The molecule has 10 heteroatoms. The fourth-order valence-corrected chi connectivity index (χ4v) is 4.44. The molecule has 1 aliphatic rings. The molecule has 0 radical (unpaired) electrons. The molecule has 0 bridgehead atoms. The van der Waals surface area contributed by atoms with E-state index in [9.17, 15) is 4.79 Å². The van der Waals surface area contributed by atoms with Gasteiger partial charge in [0.25, 0.3) is 0 Å². The highest BCUT2D eigenvalue weighted by atomic mass is 19.1. The Balaban J connectivity index is 1.27. The Morgan fingerprint density at radius 3 is 2.09 bits per heavy atom. The van der Waals surface area contributed by atoms with E-state index < -0.39 is 11.4 Å². The molecule has 2 aromatic heterocycles. The maximum atomic E-state index is 15.4. The second kappa shape index (κ2) is 13.4. The standard InChI is InChI=1S/C33H36FN5O4/c1-33(2,3)43-32(40)39-18-16-38(17-19-39)29-20-26(34)28(21-35-29)36-27-14-15-30(41-22-24-10-6-4-7-11-24)37-31(27)42-23-25-12-8-5-9-13-25/h4-15,20-21,36H,16-19,22-23H2,1-3H3. The van der Waals surface area contributed by atoms with Gasteiger partial charge in [0.1, 0.15) is 30.3 Å². The summed E-state index contributed by atoms with van der Waals surface area (Å²) in [6, 6.07) is 24.4. The van der Waals surface area contributed by atoms with Gasteiger partial charge in [-0.3, -0.25) is 0 Å². The van der Waals surface area contributed by atoms with E-state index in [0.717, 1.165) is 11.1 Å². The molecule has 1 aliphatic heterocycles.